The van der Waals surface area contributed by atoms with E-state index < -0.39 is 11.9 Å². The van der Waals surface area contributed by atoms with Gasteiger partial charge in [-0.25, -0.2) is 4.79 Å². The van der Waals surface area contributed by atoms with Crippen molar-refractivity contribution in [3.05, 3.63) is 41.1 Å². The Morgan fingerprint density at radius 3 is 2.50 bits per heavy atom. The number of β-amino-alcohol motifs (C(OH)–C–C–N with tert-alkyl or cyclic N) is 1. The maximum absolute atomic E-state index is 13.4. The predicted molar refractivity (Wildman–Crippen MR) is 112 cm³/mol. The van der Waals surface area contributed by atoms with E-state index >= 15 is 0 Å². The number of nitrogens with one attached hydrogen (secondary N) is 1. The highest BCUT2D eigenvalue weighted by Crippen LogP contribution is 2.29. The zero-order valence-corrected chi connectivity index (χ0v) is 17.7. The molecule has 0 spiro atoms. The number of nitrogens with zero attached hydrogens (tertiary/aromatic N) is 2. The van der Waals surface area contributed by atoms with Crippen molar-refractivity contribution in [2.45, 2.75) is 45.2 Å². The number of para-hydroxylation sites is 1. The lowest BCUT2D eigenvalue weighted by Gasteiger charge is -2.39. The molecule has 0 radical (unpaired) electrons. The van der Waals surface area contributed by atoms with Crippen LogP contribution in [0.1, 0.15) is 43.5 Å². The third kappa shape index (κ3) is 4.18. The van der Waals surface area contributed by atoms with Crippen molar-refractivity contribution in [2.24, 2.45) is 0 Å². The van der Waals surface area contributed by atoms with E-state index in [1.165, 1.54) is 12.0 Å². The molecule has 1 saturated heterocycles. The first-order valence-corrected chi connectivity index (χ1v) is 10.3. The summed E-state index contributed by atoms with van der Waals surface area (Å²) in [5, 5.41) is 12.2. The van der Waals surface area contributed by atoms with Gasteiger partial charge in [-0.1, -0.05) is 12.1 Å². The molecule has 2 N–H and O–H groups in total. The van der Waals surface area contributed by atoms with Crippen LogP contribution in [0.4, 0.5) is 5.69 Å². The van der Waals surface area contributed by atoms with E-state index in [4.69, 9.17) is 4.74 Å². The maximum atomic E-state index is 13.4. The number of esters is 1. The quantitative estimate of drug-likeness (QED) is 0.687. The number of carbonyl (C=O) groups is 3. The van der Waals surface area contributed by atoms with Gasteiger partial charge >= 0.3 is 5.97 Å². The minimum atomic E-state index is -0.617. The minimum Gasteiger partial charge on any atom is -0.466 e. The first-order chi connectivity index (χ1) is 14.4. The summed E-state index contributed by atoms with van der Waals surface area (Å²) in [7, 11) is 1.25. The molecule has 0 bridgehead atoms. The van der Waals surface area contributed by atoms with Crippen LogP contribution >= 0.6 is 0 Å². The van der Waals surface area contributed by atoms with Crippen LogP contribution in [0.2, 0.25) is 0 Å². The fraction of sp³-hybridized carbons (Fsp3) is 0.500. The number of piperidine rings is 1. The highest BCUT2D eigenvalue weighted by atomic mass is 16.5. The number of amides is 2. The lowest BCUT2D eigenvalue weighted by atomic mass is 9.96. The van der Waals surface area contributed by atoms with E-state index in [9.17, 15) is 19.5 Å². The second kappa shape index (κ2) is 9.30. The Morgan fingerprint density at radius 2 is 1.87 bits per heavy atom. The maximum Gasteiger partial charge on any atom is 0.337 e. The van der Waals surface area contributed by atoms with Crippen LogP contribution in [0.25, 0.3) is 0 Å². The molecule has 2 atom stereocenters. The lowest BCUT2D eigenvalue weighted by Crippen LogP contribution is -2.47. The molecule has 2 aliphatic heterocycles. The highest BCUT2D eigenvalue weighted by Gasteiger charge is 2.36. The van der Waals surface area contributed by atoms with E-state index in [1.54, 1.807) is 24.3 Å². The molecule has 1 aromatic rings. The van der Waals surface area contributed by atoms with Crippen LogP contribution in [0, 0.1) is 0 Å². The number of hydrogen-bond acceptors (Lipinski definition) is 6. The number of aliphatic hydroxyl groups is 1. The summed E-state index contributed by atoms with van der Waals surface area (Å²) in [5.41, 5.74) is 1.17. The average Bonchev–Trinajstić information content (AvgIpc) is 3.03. The summed E-state index contributed by atoms with van der Waals surface area (Å²) >= 11 is 0. The van der Waals surface area contributed by atoms with Gasteiger partial charge in [0.1, 0.15) is 5.70 Å². The van der Waals surface area contributed by atoms with Crippen molar-refractivity contribution >= 4 is 23.5 Å². The van der Waals surface area contributed by atoms with Gasteiger partial charge in [-0.05, 0) is 45.2 Å². The first kappa shape index (κ1) is 21.8. The molecular formula is C22H29N3O5. The van der Waals surface area contributed by atoms with Crippen molar-refractivity contribution in [1.82, 2.24) is 9.80 Å². The van der Waals surface area contributed by atoms with Gasteiger partial charge in [-0.2, -0.15) is 0 Å². The summed E-state index contributed by atoms with van der Waals surface area (Å²) in [4.78, 5) is 41.7. The summed E-state index contributed by atoms with van der Waals surface area (Å²) < 4.78 is 4.82. The van der Waals surface area contributed by atoms with E-state index in [-0.39, 0.29) is 49.0 Å². The van der Waals surface area contributed by atoms with Crippen molar-refractivity contribution in [2.75, 3.05) is 32.1 Å². The molecule has 0 saturated carbocycles. The normalized spacial score (nSPS) is 21.8. The molecule has 3 rings (SSSR count). The average molecular weight is 415 g/mol. The SMILES string of the molecule is COC(=O)C1=C(Nc2ccccc2C(=O)N2C(C)CCCC2C)C(=O)N(CCO)C1. The Labute approximate surface area is 176 Å². The lowest BCUT2D eigenvalue weighted by molar-refractivity contribution is -0.136. The van der Waals surface area contributed by atoms with Crippen molar-refractivity contribution in [1.29, 1.82) is 0 Å². The topological polar surface area (TPSA) is 99.2 Å². The summed E-state index contributed by atoms with van der Waals surface area (Å²) in [6.45, 7) is 4.04. The number of rotatable bonds is 6. The number of anilines is 1. The number of carbonyl (C=O) groups excluding carboxylic acids is 3. The molecule has 8 heteroatoms. The number of benzene rings is 1. The van der Waals surface area contributed by atoms with E-state index in [0.717, 1.165) is 19.3 Å². The number of ether oxygens (including phenoxy) is 1. The van der Waals surface area contributed by atoms with Crippen LogP contribution in [0.5, 0.6) is 0 Å². The molecular weight excluding hydrogens is 386 g/mol. The van der Waals surface area contributed by atoms with Crippen molar-refractivity contribution < 1.29 is 24.2 Å². The standard InChI is InChI=1S/C22H29N3O5/c1-14-7-6-8-15(2)25(14)20(27)16-9-4-5-10-18(16)23-19-17(22(29)30-3)13-24(11-12-26)21(19)28/h4-5,9-10,14-15,23,26H,6-8,11-13H2,1-3H3. The van der Waals surface area contributed by atoms with Gasteiger partial charge in [-0.15, -0.1) is 0 Å². The molecule has 0 aliphatic carbocycles. The van der Waals surface area contributed by atoms with E-state index in [0.29, 0.717) is 11.3 Å². The predicted octanol–water partition coefficient (Wildman–Crippen LogP) is 1.76. The summed E-state index contributed by atoms with van der Waals surface area (Å²) in [6.07, 6.45) is 3.01. The Kier molecular flexibility index (Phi) is 6.77. The fourth-order valence-corrected chi connectivity index (χ4v) is 4.22. The zero-order chi connectivity index (χ0) is 21.8. The molecule has 1 fully saturated rings. The Bertz CT molecular complexity index is 856. The van der Waals surface area contributed by atoms with Gasteiger partial charge in [0.2, 0.25) is 0 Å². The largest absolute Gasteiger partial charge is 0.466 e. The highest BCUT2D eigenvalue weighted by molar-refractivity contribution is 6.10. The second-order valence-electron chi connectivity index (χ2n) is 7.81. The Balaban J connectivity index is 1.94. The number of methoxy groups -OCH3 is 1. The third-order valence-electron chi connectivity index (χ3n) is 5.80. The van der Waals surface area contributed by atoms with Gasteiger partial charge in [0, 0.05) is 18.6 Å². The van der Waals surface area contributed by atoms with Crippen LogP contribution < -0.4 is 5.32 Å². The van der Waals surface area contributed by atoms with Crippen molar-refractivity contribution in [3.63, 3.8) is 0 Å². The Hall–Kier alpha value is -2.87. The van der Waals surface area contributed by atoms with Crippen LogP contribution in [-0.2, 0) is 14.3 Å². The van der Waals surface area contributed by atoms with Crippen molar-refractivity contribution in [3.8, 4) is 0 Å². The zero-order valence-electron chi connectivity index (χ0n) is 17.7. The minimum absolute atomic E-state index is 0.0463. The molecule has 162 valence electrons. The number of likely N-dealkylation sites (tertiary alicyclic amines) is 1. The summed E-state index contributed by atoms with van der Waals surface area (Å²) in [5.74, 6) is -1.13. The Morgan fingerprint density at radius 1 is 1.20 bits per heavy atom. The molecule has 8 nitrogen and oxygen atoms in total. The summed E-state index contributed by atoms with van der Waals surface area (Å²) in [6, 6.07) is 7.26. The van der Waals surface area contributed by atoms with Gasteiger partial charge in [0.15, 0.2) is 0 Å². The number of hydrogen-bond donors (Lipinski definition) is 2. The van der Waals surface area contributed by atoms with Crippen LogP contribution in [0.15, 0.2) is 35.5 Å². The van der Waals surface area contributed by atoms with Crippen LogP contribution in [0.3, 0.4) is 0 Å². The number of aliphatic hydroxyl groups excluding tert-OH is 1. The monoisotopic (exact) mass is 415 g/mol. The van der Waals surface area contributed by atoms with Gasteiger partial charge in [0.25, 0.3) is 11.8 Å². The van der Waals surface area contributed by atoms with E-state index in [1.807, 2.05) is 4.90 Å². The smallest absolute Gasteiger partial charge is 0.337 e. The van der Waals surface area contributed by atoms with E-state index in [2.05, 4.69) is 19.2 Å². The van der Waals surface area contributed by atoms with Gasteiger partial charge in [0.05, 0.1) is 37.1 Å². The van der Waals surface area contributed by atoms with Gasteiger partial charge < -0.3 is 25.0 Å². The van der Waals surface area contributed by atoms with Crippen LogP contribution in [-0.4, -0.2) is 71.6 Å². The molecule has 2 aliphatic rings. The second-order valence-corrected chi connectivity index (χ2v) is 7.81. The first-order valence-electron chi connectivity index (χ1n) is 10.3. The van der Waals surface area contributed by atoms with Gasteiger partial charge in [-0.3, -0.25) is 9.59 Å². The molecule has 1 aromatic carbocycles. The molecule has 2 amide bonds. The molecule has 0 aromatic heterocycles. The molecule has 2 heterocycles. The molecule has 2 unspecified atom stereocenters. The molecule has 30 heavy (non-hydrogen) atoms. The third-order valence-corrected chi connectivity index (χ3v) is 5.80. The fourth-order valence-electron chi connectivity index (χ4n) is 4.22.